The molecule has 4 N–H and O–H groups in total. The van der Waals surface area contributed by atoms with Gasteiger partial charge in [-0.1, -0.05) is 18.2 Å². The summed E-state index contributed by atoms with van der Waals surface area (Å²) in [5, 5.41) is 5.91. The van der Waals surface area contributed by atoms with Gasteiger partial charge in [0.2, 0.25) is 0 Å². The third-order valence-electron chi connectivity index (χ3n) is 4.32. The van der Waals surface area contributed by atoms with Crippen LogP contribution in [0.5, 0.6) is 0 Å². The number of para-hydroxylation sites is 1. The first kappa shape index (κ1) is 16.8. The number of carbonyl (C=O) groups is 2. The molecule has 0 atom stereocenters. The summed E-state index contributed by atoms with van der Waals surface area (Å²) in [4.78, 5) is 26.3. The lowest BCUT2D eigenvalue weighted by molar-refractivity contribution is 0.0919. The number of carbonyl (C=O) groups excluding carboxylic acids is 2. The zero-order valence-electron chi connectivity index (χ0n) is 13.9. The largest absolute Gasteiger partial charge is 0.399 e. The second-order valence-corrected chi connectivity index (χ2v) is 6.15. The number of anilines is 2. The number of hydrogen-bond donors (Lipinski definition) is 3. The smallest absolute Gasteiger partial charge is 0.321 e. The van der Waals surface area contributed by atoms with Crippen molar-refractivity contribution in [3.05, 3.63) is 60.2 Å². The zero-order chi connectivity index (χ0) is 17.6. The van der Waals surface area contributed by atoms with Crippen molar-refractivity contribution < 1.29 is 9.59 Å². The fourth-order valence-corrected chi connectivity index (χ4v) is 2.85. The number of nitrogens with one attached hydrogen (secondary N) is 2. The number of nitrogens with zero attached hydrogens (tertiary/aromatic N) is 1. The van der Waals surface area contributed by atoms with Crippen molar-refractivity contribution >= 4 is 23.3 Å². The van der Waals surface area contributed by atoms with Gasteiger partial charge in [0.1, 0.15) is 0 Å². The maximum atomic E-state index is 12.3. The van der Waals surface area contributed by atoms with Gasteiger partial charge in [0.25, 0.3) is 5.91 Å². The molecule has 2 aromatic carbocycles. The minimum Gasteiger partial charge on any atom is -0.399 e. The van der Waals surface area contributed by atoms with E-state index in [0.29, 0.717) is 24.3 Å². The molecule has 0 saturated carbocycles. The van der Waals surface area contributed by atoms with Gasteiger partial charge in [-0.05, 0) is 49.2 Å². The van der Waals surface area contributed by atoms with Crippen LogP contribution in [0.25, 0.3) is 0 Å². The van der Waals surface area contributed by atoms with E-state index < -0.39 is 0 Å². The average molecular weight is 338 g/mol. The highest BCUT2D eigenvalue weighted by atomic mass is 16.2. The van der Waals surface area contributed by atoms with Gasteiger partial charge in [-0.3, -0.25) is 4.79 Å². The third-order valence-corrected chi connectivity index (χ3v) is 4.32. The summed E-state index contributed by atoms with van der Waals surface area (Å²) in [5.41, 5.74) is 7.65. The Hall–Kier alpha value is -3.02. The molecule has 3 amide bonds. The molecule has 3 rings (SSSR count). The molecule has 1 heterocycles. The first-order chi connectivity index (χ1) is 12.1. The van der Waals surface area contributed by atoms with Gasteiger partial charge in [0, 0.05) is 36.1 Å². The van der Waals surface area contributed by atoms with Crippen molar-refractivity contribution in [3.63, 3.8) is 0 Å². The molecule has 0 aromatic heterocycles. The molecule has 2 aromatic rings. The molecule has 6 nitrogen and oxygen atoms in total. The molecule has 0 bridgehead atoms. The highest BCUT2D eigenvalue weighted by Gasteiger charge is 2.24. The van der Waals surface area contributed by atoms with Gasteiger partial charge in [-0.25, -0.2) is 4.79 Å². The molecule has 25 heavy (non-hydrogen) atoms. The van der Waals surface area contributed by atoms with E-state index >= 15 is 0 Å². The van der Waals surface area contributed by atoms with E-state index in [-0.39, 0.29) is 18.0 Å². The molecule has 0 unspecified atom stereocenters. The summed E-state index contributed by atoms with van der Waals surface area (Å²) < 4.78 is 0. The van der Waals surface area contributed by atoms with Gasteiger partial charge in [-0.2, -0.15) is 0 Å². The molecule has 6 heteroatoms. The number of piperidine rings is 1. The summed E-state index contributed by atoms with van der Waals surface area (Å²) in [5.74, 6) is -0.104. The van der Waals surface area contributed by atoms with E-state index in [1.54, 1.807) is 29.2 Å². The molecule has 1 aliphatic heterocycles. The van der Waals surface area contributed by atoms with Gasteiger partial charge >= 0.3 is 6.03 Å². The predicted molar refractivity (Wildman–Crippen MR) is 98.4 cm³/mol. The van der Waals surface area contributed by atoms with E-state index in [0.717, 1.165) is 18.5 Å². The van der Waals surface area contributed by atoms with Crippen LogP contribution in [0.15, 0.2) is 54.6 Å². The van der Waals surface area contributed by atoms with Crippen LogP contribution in [-0.2, 0) is 0 Å². The van der Waals surface area contributed by atoms with Crippen LogP contribution in [0.4, 0.5) is 16.2 Å². The highest BCUT2D eigenvalue weighted by Crippen LogP contribution is 2.14. The quantitative estimate of drug-likeness (QED) is 0.752. The summed E-state index contributed by atoms with van der Waals surface area (Å²) in [6.45, 7) is 1.23. The number of likely N-dealkylation sites (tertiary alicyclic amines) is 1. The first-order valence-corrected chi connectivity index (χ1v) is 8.39. The lowest BCUT2D eigenvalue weighted by Crippen LogP contribution is -2.47. The Bertz CT molecular complexity index is 723. The summed E-state index contributed by atoms with van der Waals surface area (Å²) in [7, 11) is 0. The van der Waals surface area contributed by atoms with Crippen molar-refractivity contribution in [3.8, 4) is 0 Å². The lowest BCUT2D eigenvalue weighted by Gasteiger charge is -2.32. The Labute approximate surface area is 147 Å². The van der Waals surface area contributed by atoms with E-state index in [4.69, 9.17) is 5.73 Å². The van der Waals surface area contributed by atoms with Crippen LogP contribution in [0.1, 0.15) is 23.2 Å². The minimum absolute atomic E-state index is 0.0748. The van der Waals surface area contributed by atoms with Crippen LogP contribution in [0.3, 0.4) is 0 Å². The molecule has 0 spiro atoms. The van der Waals surface area contributed by atoms with E-state index in [2.05, 4.69) is 10.6 Å². The van der Waals surface area contributed by atoms with Crippen molar-refractivity contribution in [2.45, 2.75) is 18.9 Å². The van der Waals surface area contributed by atoms with Crippen LogP contribution < -0.4 is 16.4 Å². The van der Waals surface area contributed by atoms with E-state index in [1.165, 1.54) is 0 Å². The average Bonchev–Trinajstić information content (AvgIpc) is 2.63. The molecule has 130 valence electrons. The normalized spacial score (nSPS) is 14.8. The standard InChI is InChI=1S/C19H22N4O2/c20-15-8-6-14(7-9-15)18(24)21-17-10-12-23(13-11-17)19(25)22-16-4-2-1-3-5-16/h1-9,17H,10-13,20H2,(H,21,24)(H,22,25). The van der Waals surface area contributed by atoms with Crippen LogP contribution in [-0.4, -0.2) is 36.0 Å². The van der Waals surface area contributed by atoms with Crippen molar-refractivity contribution in [1.82, 2.24) is 10.2 Å². The second kappa shape index (κ2) is 7.70. The molecule has 1 aliphatic rings. The molecule has 1 fully saturated rings. The summed E-state index contributed by atoms with van der Waals surface area (Å²) in [6, 6.07) is 16.2. The van der Waals surface area contributed by atoms with Crippen molar-refractivity contribution in [1.29, 1.82) is 0 Å². The van der Waals surface area contributed by atoms with E-state index in [9.17, 15) is 9.59 Å². The third kappa shape index (κ3) is 4.50. The topological polar surface area (TPSA) is 87.5 Å². The van der Waals surface area contributed by atoms with Crippen LogP contribution in [0.2, 0.25) is 0 Å². The summed E-state index contributed by atoms with van der Waals surface area (Å²) in [6.07, 6.45) is 1.48. The molecular formula is C19H22N4O2. The van der Waals surface area contributed by atoms with Gasteiger partial charge < -0.3 is 21.3 Å². The fourth-order valence-electron chi connectivity index (χ4n) is 2.85. The van der Waals surface area contributed by atoms with Gasteiger partial charge in [-0.15, -0.1) is 0 Å². The maximum Gasteiger partial charge on any atom is 0.321 e. The summed E-state index contributed by atoms with van der Waals surface area (Å²) >= 11 is 0. The first-order valence-electron chi connectivity index (χ1n) is 8.39. The number of rotatable bonds is 3. The number of hydrogen-bond acceptors (Lipinski definition) is 3. The van der Waals surface area contributed by atoms with Crippen molar-refractivity contribution in [2.75, 3.05) is 24.1 Å². The second-order valence-electron chi connectivity index (χ2n) is 6.15. The number of urea groups is 1. The van der Waals surface area contributed by atoms with Gasteiger partial charge in [0.15, 0.2) is 0 Å². The van der Waals surface area contributed by atoms with Crippen molar-refractivity contribution in [2.24, 2.45) is 0 Å². The Morgan fingerprint density at radius 3 is 2.24 bits per heavy atom. The maximum absolute atomic E-state index is 12.3. The predicted octanol–water partition coefficient (Wildman–Crippen LogP) is 2.70. The number of amides is 3. The Balaban J connectivity index is 1.47. The Kier molecular flexibility index (Phi) is 5.18. The van der Waals surface area contributed by atoms with E-state index in [1.807, 2.05) is 30.3 Å². The number of nitrogens with two attached hydrogens (primary N) is 1. The minimum atomic E-state index is -0.104. The van der Waals surface area contributed by atoms with Crippen LogP contribution >= 0.6 is 0 Å². The number of benzene rings is 2. The zero-order valence-corrected chi connectivity index (χ0v) is 13.9. The number of nitrogen functional groups attached to an aromatic ring is 1. The fraction of sp³-hybridized carbons (Fsp3) is 0.263. The molecule has 0 aliphatic carbocycles. The highest BCUT2D eigenvalue weighted by molar-refractivity contribution is 5.94. The SMILES string of the molecule is Nc1ccc(C(=O)NC2CCN(C(=O)Nc3ccccc3)CC2)cc1. The molecular weight excluding hydrogens is 316 g/mol. The van der Waals surface area contributed by atoms with Gasteiger partial charge in [0.05, 0.1) is 0 Å². The lowest BCUT2D eigenvalue weighted by atomic mass is 10.0. The monoisotopic (exact) mass is 338 g/mol. The molecule has 1 saturated heterocycles. The van der Waals surface area contributed by atoms with Crippen LogP contribution in [0, 0.1) is 0 Å². The molecule has 0 radical (unpaired) electrons. The Morgan fingerprint density at radius 2 is 1.60 bits per heavy atom. The Morgan fingerprint density at radius 1 is 0.960 bits per heavy atom.